The lowest BCUT2D eigenvalue weighted by molar-refractivity contribution is -0.0229. The van der Waals surface area contributed by atoms with Gasteiger partial charge in [-0.05, 0) is 17.7 Å². The highest BCUT2D eigenvalue weighted by atomic mass is 35.5. The number of morpholine rings is 1. The van der Waals surface area contributed by atoms with Crippen molar-refractivity contribution in [3.63, 3.8) is 0 Å². The van der Waals surface area contributed by atoms with Crippen LogP contribution in [0.15, 0.2) is 23.6 Å². The Labute approximate surface area is 148 Å². The molecular weight excluding hydrogens is 357 g/mol. The zero-order chi connectivity index (χ0) is 16.4. The van der Waals surface area contributed by atoms with E-state index in [4.69, 9.17) is 33.7 Å². The maximum atomic E-state index is 12.6. The number of carbonyl (C=O) groups is 1. The maximum Gasteiger partial charge on any atom is 0.273 e. The van der Waals surface area contributed by atoms with Gasteiger partial charge in [-0.3, -0.25) is 4.79 Å². The van der Waals surface area contributed by atoms with E-state index in [0.717, 1.165) is 10.6 Å². The van der Waals surface area contributed by atoms with Gasteiger partial charge in [-0.25, -0.2) is 4.98 Å². The monoisotopic (exact) mass is 371 g/mol. The van der Waals surface area contributed by atoms with Crippen LogP contribution in [0.1, 0.15) is 27.2 Å². The summed E-state index contributed by atoms with van der Waals surface area (Å²) in [6.07, 6.45) is -0.227. The number of halogens is 2. The molecule has 0 saturated carbocycles. The molecule has 8 heteroatoms. The van der Waals surface area contributed by atoms with Crippen LogP contribution in [0.25, 0.3) is 0 Å². The van der Waals surface area contributed by atoms with E-state index in [9.17, 15) is 4.79 Å². The Morgan fingerprint density at radius 1 is 1.43 bits per heavy atom. The molecular formula is C15H15Cl2N3O2S. The molecule has 1 aromatic heterocycles. The predicted octanol–water partition coefficient (Wildman–Crippen LogP) is 3.12. The lowest BCUT2D eigenvalue weighted by Gasteiger charge is -2.33. The Morgan fingerprint density at radius 3 is 2.96 bits per heavy atom. The molecule has 1 saturated heterocycles. The minimum atomic E-state index is -0.227. The largest absolute Gasteiger partial charge is 0.370 e. The van der Waals surface area contributed by atoms with Crippen molar-refractivity contribution in [2.24, 2.45) is 5.73 Å². The fourth-order valence-corrected chi connectivity index (χ4v) is 3.37. The average Bonchev–Trinajstić information content (AvgIpc) is 3.06. The molecule has 2 aromatic rings. The third kappa shape index (κ3) is 3.67. The van der Waals surface area contributed by atoms with Gasteiger partial charge in [0.25, 0.3) is 5.91 Å². The van der Waals surface area contributed by atoms with Crippen molar-refractivity contribution in [3.8, 4) is 0 Å². The van der Waals surface area contributed by atoms with Crippen molar-refractivity contribution in [1.82, 2.24) is 9.88 Å². The lowest BCUT2D eigenvalue weighted by atomic mass is 10.1. The number of nitrogens with two attached hydrogens (primary N) is 1. The second-order valence-corrected chi connectivity index (χ2v) is 6.87. The van der Waals surface area contributed by atoms with Crippen molar-refractivity contribution in [2.75, 3.05) is 19.7 Å². The van der Waals surface area contributed by atoms with E-state index >= 15 is 0 Å². The standard InChI is InChI=1S/C15H15Cl2N3O2S/c16-10-2-1-9(5-11(10)17)13-7-20(3-4-22-13)15(21)12-8-23-14(6-18)19-12/h1-2,5,8,13H,3-4,6-7,18H2. The molecule has 1 amide bonds. The number of hydrogen-bond donors (Lipinski definition) is 1. The summed E-state index contributed by atoms with van der Waals surface area (Å²) in [5, 5.41) is 3.47. The average molecular weight is 372 g/mol. The first kappa shape index (κ1) is 16.7. The summed E-state index contributed by atoms with van der Waals surface area (Å²) in [5.41, 5.74) is 6.88. The molecule has 3 rings (SSSR count). The minimum absolute atomic E-state index is 0.102. The SMILES string of the molecule is NCc1nc(C(=O)N2CCOC(c3ccc(Cl)c(Cl)c3)C2)cs1. The summed E-state index contributed by atoms with van der Waals surface area (Å²) < 4.78 is 5.77. The van der Waals surface area contributed by atoms with Crippen LogP contribution in [0.4, 0.5) is 0 Å². The first-order valence-electron chi connectivity index (χ1n) is 7.09. The molecule has 5 nitrogen and oxygen atoms in total. The van der Waals surface area contributed by atoms with Crippen molar-refractivity contribution in [2.45, 2.75) is 12.6 Å². The van der Waals surface area contributed by atoms with Crippen molar-refractivity contribution in [3.05, 3.63) is 49.9 Å². The molecule has 2 N–H and O–H groups in total. The summed E-state index contributed by atoms with van der Waals surface area (Å²) in [6, 6.07) is 5.37. The van der Waals surface area contributed by atoms with E-state index in [1.807, 2.05) is 6.07 Å². The van der Waals surface area contributed by atoms with Gasteiger partial charge in [0.15, 0.2) is 0 Å². The molecule has 1 unspecified atom stereocenters. The van der Waals surface area contributed by atoms with Gasteiger partial charge >= 0.3 is 0 Å². The van der Waals surface area contributed by atoms with Crippen LogP contribution in [0.3, 0.4) is 0 Å². The number of aromatic nitrogens is 1. The topological polar surface area (TPSA) is 68.5 Å². The molecule has 1 aromatic carbocycles. The number of benzene rings is 1. The molecule has 1 fully saturated rings. The first-order valence-corrected chi connectivity index (χ1v) is 8.72. The molecule has 0 spiro atoms. The molecule has 0 bridgehead atoms. The first-order chi connectivity index (χ1) is 11.1. The van der Waals surface area contributed by atoms with Gasteiger partial charge in [-0.15, -0.1) is 11.3 Å². The number of thiazole rings is 1. The van der Waals surface area contributed by atoms with Crippen LogP contribution >= 0.6 is 34.5 Å². The highest BCUT2D eigenvalue weighted by Crippen LogP contribution is 2.29. The Morgan fingerprint density at radius 2 is 2.26 bits per heavy atom. The zero-order valence-corrected chi connectivity index (χ0v) is 14.5. The second kappa shape index (κ2) is 7.15. The number of carbonyl (C=O) groups excluding carboxylic acids is 1. The van der Waals surface area contributed by atoms with Gasteiger partial charge in [0.05, 0.1) is 23.2 Å². The summed E-state index contributed by atoms with van der Waals surface area (Å²) in [4.78, 5) is 18.5. The minimum Gasteiger partial charge on any atom is -0.370 e. The van der Waals surface area contributed by atoms with Crippen LogP contribution in [0, 0.1) is 0 Å². The molecule has 23 heavy (non-hydrogen) atoms. The van der Waals surface area contributed by atoms with Crippen molar-refractivity contribution < 1.29 is 9.53 Å². The van der Waals surface area contributed by atoms with E-state index in [2.05, 4.69) is 4.98 Å². The Balaban J connectivity index is 1.74. The van der Waals surface area contributed by atoms with Gasteiger partial charge < -0.3 is 15.4 Å². The molecule has 122 valence electrons. The molecule has 1 aliphatic heterocycles. The third-order valence-corrected chi connectivity index (χ3v) is 5.22. The molecule has 2 heterocycles. The highest BCUT2D eigenvalue weighted by Gasteiger charge is 2.27. The van der Waals surface area contributed by atoms with Crippen LogP contribution in [-0.4, -0.2) is 35.5 Å². The fourth-order valence-electron chi connectivity index (χ4n) is 2.41. The van der Waals surface area contributed by atoms with Gasteiger partial charge in [0, 0.05) is 18.5 Å². The number of nitrogens with zero attached hydrogens (tertiary/aromatic N) is 2. The molecule has 1 aliphatic rings. The number of amides is 1. The van der Waals surface area contributed by atoms with Crippen molar-refractivity contribution in [1.29, 1.82) is 0 Å². The van der Waals surface area contributed by atoms with Gasteiger partial charge in [-0.2, -0.15) is 0 Å². The zero-order valence-electron chi connectivity index (χ0n) is 12.2. The molecule has 0 aliphatic carbocycles. The summed E-state index contributed by atoms with van der Waals surface area (Å²) in [5.74, 6) is -0.102. The summed E-state index contributed by atoms with van der Waals surface area (Å²) >= 11 is 13.4. The van der Waals surface area contributed by atoms with Crippen LogP contribution in [-0.2, 0) is 11.3 Å². The molecule has 1 atom stereocenters. The fraction of sp³-hybridized carbons (Fsp3) is 0.333. The van der Waals surface area contributed by atoms with E-state index in [1.54, 1.807) is 22.4 Å². The van der Waals surface area contributed by atoms with E-state index in [1.165, 1.54) is 11.3 Å². The number of hydrogen-bond acceptors (Lipinski definition) is 5. The Hall–Kier alpha value is -1.18. The maximum absolute atomic E-state index is 12.6. The predicted molar refractivity (Wildman–Crippen MR) is 91.1 cm³/mol. The quantitative estimate of drug-likeness (QED) is 0.899. The van der Waals surface area contributed by atoms with Crippen LogP contribution in [0.2, 0.25) is 10.0 Å². The highest BCUT2D eigenvalue weighted by molar-refractivity contribution is 7.09. The van der Waals surface area contributed by atoms with Gasteiger partial charge in [0.1, 0.15) is 16.8 Å². The summed E-state index contributed by atoms with van der Waals surface area (Å²) in [7, 11) is 0. The van der Waals surface area contributed by atoms with E-state index in [-0.39, 0.29) is 12.0 Å². The lowest BCUT2D eigenvalue weighted by Crippen LogP contribution is -2.42. The Kier molecular flexibility index (Phi) is 5.18. The smallest absolute Gasteiger partial charge is 0.273 e. The summed E-state index contributed by atoms with van der Waals surface area (Å²) in [6.45, 7) is 1.79. The molecule has 0 radical (unpaired) electrons. The van der Waals surface area contributed by atoms with Crippen LogP contribution in [0.5, 0.6) is 0 Å². The van der Waals surface area contributed by atoms with E-state index in [0.29, 0.717) is 42.0 Å². The Bertz CT molecular complexity index is 722. The van der Waals surface area contributed by atoms with Gasteiger partial charge in [0.2, 0.25) is 0 Å². The normalized spacial score (nSPS) is 18.2. The van der Waals surface area contributed by atoms with E-state index < -0.39 is 0 Å². The van der Waals surface area contributed by atoms with Gasteiger partial charge in [-0.1, -0.05) is 29.3 Å². The van der Waals surface area contributed by atoms with Crippen LogP contribution < -0.4 is 5.73 Å². The number of ether oxygens (including phenoxy) is 1. The van der Waals surface area contributed by atoms with Crippen molar-refractivity contribution >= 4 is 40.4 Å². The third-order valence-electron chi connectivity index (χ3n) is 3.61. The number of rotatable bonds is 3. The second-order valence-electron chi connectivity index (χ2n) is 5.11.